The summed E-state index contributed by atoms with van der Waals surface area (Å²) in [6, 6.07) is 17.0. The molecule has 2 amide bonds. The van der Waals surface area contributed by atoms with E-state index in [1.54, 1.807) is 43.5 Å². The van der Waals surface area contributed by atoms with Crippen LogP contribution in [0.1, 0.15) is 53.4 Å². The molecule has 0 radical (unpaired) electrons. The summed E-state index contributed by atoms with van der Waals surface area (Å²) in [5.74, 6) is 0.199. The SMILES string of the molecule is COc1ccccc1CN(C(=O)c1ccco1)C(C(=O)NC1CCCC1)c1ccc(Cl)cc1. The Morgan fingerprint density at radius 3 is 2.48 bits per heavy atom. The third-order valence-corrected chi connectivity index (χ3v) is 6.23. The molecule has 6 nitrogen and oxygen atoms in total. The lowest BCUT2D eigenvalue weighted by molar-refractivity contribution is -0.126. The average molecular weight is 467 g/mol. The van der Waals surface area contributed by atoms with Gasteiger partial charge in [-0.3, -0.25) is 9.59 Å². The van der Waals surface area contributed by atoms with Gasteiger partial charge in [0.25, 0.3) is 5.91 Å². The van der Waals surface area contributed by atoms with Crippen LogP contribution in [0.15, 0.2) is 71.3 Å². The van der Waals surface area contributed by atoms with Gasteiger partial charge in [0.05, 0.1) is 19.9 Å². The van der Waals surface area contributed by atoms with E-state index in [1.807, 2.05) is 24.3 Å². The number of benzene rings is 2. The van der Waals surface area contributed by atoms with Crippen LogP contribution in [0.2, 0.25) is 5.02 Å². The minimum absolute atomic E-state index is 0.110. The second kappa shape index (κ2) is 10.6. The fourth-order valence-corrected chi connectivity index (χ4v) is 4.43. The van der Waals surface area contributed by atoms with Crippen molar-refractivity contribution >= 4 is 23.4 Å². The normalized spacial score (nSPS) is 14.6. The zero-order valence-electron chi connectivity index (χ0n) is 18.5. The number of hydrogen-bond acceptors (Lipinski definition) is 4. The van der Waals surface area contributed by atoms with Crippen LogP contribution in [0.3, 0.4) is 0 Å². The molecule has 3 aromatic rings. The van der Waals surface area contributed by atoms with Gasteiger partial charge in [-0.1, -0.05) is 54.8 Å². The maximum atomic E-state index is 13.6. The molecule has 33 heavy (non-hydrogen) atoms. The van der Waals surface area contributed by atoms with Gasteiger partial charge in [-0.05, 0) is 48.7 Å². The molecule has 1 aromatic heterocycles. The smallest absolute Gasteiger partial charge is 0.290 e. The average Bonchev–Trinajstić information content (AvgIpc) is 3.54. The number of furan rings is 1. The van der Waals surface area contributed by atoms with Gasteiger partial charge in [-0.25, -0.2) is 0 Å². The molecule has 2 aromatic carbocycles. The summed E-state index contributed by atoms with van der Waals surface area (Å²) in [6.45, 7) is 0.162. The van der Waals surface area contributed by atoms with E-state index in [0.717, 1.165) is 31.2 Å². The van der Waals surface area contributed by atoms with Crippen molar-refractivity contribution in [1.82, 2.24) is 10.2 Å². The molecule has 0 bridgehead atoms. The number of nitrogens with zero attached hydrogens (tertiary/aromatic N) is 1. The molecule has 1 heterocycles. The summed E-state index contributed by atoms with van der Waals surface area (Å²) in [6.07, 6.45) is 5.51. The van der Waals surface area contributed by atoms with Gasteiger partial charge in [0.1, 0.15) is 11.8 Å². The molecule has 0 saturated heterocycles. The number of nitrogens with one attached hydrogen (secondary N) is 1. The van der Waals surface area contributed by atoms with Gasteiger partial charge in [0.15, 0.2) is 5.76 Å². The van der Waals surface area contributed by atoms with E-state index in [-0.39, 0.29) is 30.2 Å². The first-order chi connectivity index (χ1) is 16.1. The molecule has 0 spiro atoms. The van der Waals surface area contributed by atoms with Crippen LogP contribution in [0.25, 0.3) is 0 Å². The second-order valence-electron chi connectivity index (χ2n) is 8.17. The molecule has 172 valence electrons. The zero-order chi connectivity index (χ0) is 23.2. The fourth-order valence-electron chi connectivity index (χ4n) is 4.31. The van der Waals surface area contributed by atoms with E-state index in [0.29, 0.717) is 16.3 Å². The van der Waals surface area contributed by atoms with Gasteiger partial charge < -0.3 is 19.4 Å². The van der Waals surface area contributed by atoms with Crippen LogP contribution in [0.5, 0.6) is 5.75 Å². The van der Waals surface area contributed by atoms with Crippen molar-refractivity contribution in [3.63, 3.8) is 0 Å². The van der Waals surface area contributed by atoms with Gasteiger partial charge in [0, 0.05) is 16.6 Å². The number of rotatable bonds is 8. The number of ether oxygens (including phenoxy) is 1. The molecule has 1 atom stereocenters. The van der Waals surface area contributed by atoms with Gasteiger partial charge in [-0.15, -0.1) is 0 Å². The largest absolute Gasteiger partial charge is 0.496 e. The summed E-state index contributed by atoms with van der Waals surface area (Å²) in [7, 11) is 1.58. The highest BCUT2D eigenvalue weighted by atomic mass is 35.5. The Hall–Kier alpha value is -3.25. The number of amides is 2. The molecule has 1 aliphatic carbocycles. The molecule has 4 rings (SSSR count). The number of carbonyl (C=O) groups excluding carboxylic acids is 2. The van der Waals surface area contributed by atoms with Crippen LogP contribution >= 0.6 is 11.6 Å². The van der Waals surface area contributed by atoms with Crippen molar-refractivity contribution in [3.8, 4) is 5.75 Å². The van der Waals surface area contributed by atoms with Gasteiger partial charge >= 0.3 is 0 Å². The standard InChI is InChI=1S/C26H27ClN2O4/c1-32-22-10-5-2-7-19(22)17-29(26(31)23-11-6-16-33-23)24(18-12-14-20(27)15-13-18)25(30)28-21-8-3-4-9-21/h2,5-7,10-16,21,24H,3-4,8-9,17H2,1H3,(H,28,30). The van der Waals surface area contributed by atoms with Crippen molar-refractivity contribution in [2.24, 2.45) is 0 Å². The first kappa shape index (κ1) is 22.9. The summed E-state index contributed by atoms with van der Waals surface area (Å²) in [4.78, 5) is 28.8. The Labute approximate surface area is 198 Å². The first-order valence-electron chi connectivity index (χ1n) is 11.1. The lowest BCUT2D eigenvalue weighted by Gasteiger charge is -2.32. The van der Waals surface area contributed by atoms with E-state index in [4.69, 9.17) is 20.8 Å². The van der Waals surface area contributed by atoms with Crippen molar-refractivity contribution in [3.05, 3.63) is 88.8 Å². The minimum atomic E-state index is -0.870. The van der Waals surface area contributed by atoms with E-state index in [2.05, 4.69) is 5.32 Å². The van der Waals surface area contributed by atoms with Crippen molar-refractivity contribution in [2.75, 3.05) is 7.11 Å². The maximum absolute atomic E-state index is 13.6. The van der Waals surface area contributed by atoms with Crippen LogP contribution in [-0.4, -0.2) is 29.9 Å². The summed E-state index contributed by atoms with van der Waals surface area (Å²) < 4.78 is 10.9. The van der Waals surface area contributed by atoms with E-state index in [1.165, 1.54) is 11.2 Å². The fraction of sp³-hybridized carbons (Fsp3) is 0.308. The third-order valence-electron chi connectivity index (χ3n) is 5.97. The van der Waals surface area contributed by atoms with E-state index in [9.17, 15) is 9.59 Å². The highest BCUT2D eigenvalue weighted by Crippen LogP contribution is 2.30. The van der Waals surface area contributed by atoms with Crippen LogP contribution in [0.4, 0.5) is 0 Å². The van der Waals surface area contributed by atoms with E-state index < -0.39 is 6.04 Å². The zero-order valence-corrected chi connectivity index (χ0v) is 19.3. The van der Waals surface area contributed by atoms with Gasteiger partial charge in [0.2, 0.25) is 5.91 Å². The van der Waals surface area contributed by atoms with Crippen LogP contribution in [-0.2, 0) is 11.3 Å². The van der Waals surface area contributed by atoms with Crippen molar-refractivity contribution in [2.45, 2.75) is 44.3 Å². The summed E-state index contributed by atoms with van der Waals surface area (Å²) in [5.41, 5.74) is 1.46. The molecular formula is C26H27ClN2O4. The number of methoxy groups -OCH3 is 1. The number of para-hydroxylation sites is 1. The third kappa shape index (κ3) is 5.40. The lowest BCUT2D eigenvalue weighted by atomic mass is 10.0. The van der Waals surface area contributed by atoms with E-state index >= 15 is 0 Å². The first-order valence-corrected chi connectivity index (χ1v) is 11.5. The topological polar surface area (TPSA) is 71.8 Å². The number of carbonyl (C=O) groups is 2. The Kier molecular flexibility index (Phi) is 7.35. The monoisotopic (exact) mass is 466 g/mol. The molecule has 1 saturated carbocycles. The molecule has 1 fully saturated rings. The predicted octanol–water partition coefficient (Wildman–Crippen LogP) is 5.38. The maximum Gasteiger partial charge on any atom is 0.290 e. The lowest BCUT2D eigenvalue weighted by Crippen LogP contribution is -2.45. The predicted molar refractivity (Wildman–Crippen MR) is 126 cm³/mol. The highest BCUT2D eigenvalue weighted by molar-refractivity contribution is 6.30. The Morgan fingerprint density at radius 1 is 1.09 bits per heavy atom. The summed E-state index contributed by atoms with van der Waals surface area (Å²) >= 11 is 6.11. The van der Waals surface area contributed by atoms with Crippen molar-refractivity contribution < 1.29 is 18.7 Å². The molecule has 1 unspecified atom stereocenters. The second-order valence-corrected chi connectivity index (χ2v) is 8.60. The Balaban J connectivity index is 1.76. The summed E-state index contributed by atoms with van der Waals surface area (Å²) in [5, 5.41) is 3.72. The van der Waals surface area contributed by atoms with Crippen LogP contribution in [0, 0.1) is 0 Å². The molecule has 0 aliphatic heterocycles. The van der Waals surface area contributed by atoms with Crippen molar-refractivity contribution in [1.29, 1.82) is 0 Å². The molecule has 1 N–H and O–H groups in total. The number of halogens is 1. The molecule has 7 heteroatoms. The highest BCUT2D eigenvalue weighted by Gasteiger charge is 2.35. The molecular weight excluding hydrogens is 440 g/mol. The molecule has 1 aliphatic rings. The van der Waals surface area contributed by atoms with Crippen LogP contribution < -0.4 is 10.1 Å². The Bertz CT molecular complexity index is 1080. The Morgan fingerprint density at radius 2 is 1.82 bits per heavy atom. The number of hydrogen-bond donors (Lipinski definition) is 1. The minimum Gasteiger partial charge on any atom is -0.496 e. The van der Waals surface area contributed by atoms with Gasteiger partial charge in [-0.2, -0.15) is 0 Å². The quantitative estimate of drug-likeness (QED) is 0.483.